The van der Waals surface area contributed by atoms with Crippen LogP contribution in [0.1, 0.15) is 18.5 Å². The van der Waals surface area contributed by atoms with E-state index in [4.69, 9.17) is 0 Å². The van der Waals surface area contributed by atoms with Crippen LogP contribution in [0.25, 0.3) is 0 Å². The van der Waals surface area contributed by atoms with E-state index in [0.29, 0.717) is 5.96 Å². The summed E-state index contributed by atoms with van der Waals surface area (Å²) < 4.78 is 28.1. The van der Waals surface area contributed by atoms with Gasteiger partial charge < -0.3 is 15.5 Å². The molecule has 1 unspecified atom stereocenters. The van der Waals surface area contributed by atoms with Gasteiger partial charge in [-0.2, -0.15) is 11.8 Å². The van der Waals surface area contributed by atoms with Crippen LogP contribution >= 0.6 is 11.8 Å². The fourth-order valence-corrected chi connectivity index (χ4v) is 2.44. The summed E-state index contributed by atoms with van der Waals surface area (Å²) in [5.74, 6) is 0.535. The molecule has 0 aromatic heterocycles. The SMILES string of the molecule is CCNC(=NCC(c1c(F)cccc1F)N(C)C)NCCSC. The highest BCUT2D eigenvalue weighted by Gasteiger charge is 2.22. The molecule has 0 saturated heterocycles. The lowest BCUT2D eigenvalue weighted by Gasteiger charge is -2.24. The second-order valence-corrected chi connectivity index (χ2v) is 6.24. The first-order valence-corrected chi connectivity index (χ1v) is 9.02. The summed E-state index contributed by atoms with van der Waals surface area (Å²) in [7, 11) is 3.58. The predicted octanol–water partition coefficient (Wildman–Crippen LogP) is 2.49. The monoisotopic (exact) mass is 344 g/mol. The van der Waals surface area contributed by atoms with Gasteiger partial charge in [-0.1, -0.05) is 6.07 Å². The van der Waals surface area contributed by atoms with Crippen LogP contribution in [-0.2, 0) is 0 Å². The zero-order valence-electron chi connectivity index (χ0n) is 14.2. The van der Waals surface area contributed by atoms with Crippen molar-refractivity contribution in [1.82, 2.24) is 15.5 Å². The van der Waals surface area contributed by atoms with E-state index in [1.165, 1.54) is 18.2 Å². The molecule has 0 aliphatic carbocycles. The van der Waals surface area contributed by atoms with Crippen LogP contribution in [0.3, 0.4) is 0 Å². The Hall–Kier alpha value is -1.34. The van der Waals surface area contributed by atoms with Gasteiger partial charge in [0.15, 0.2) is 5.96 Å². The van der Waals surface area contributed by atoms with E-state index in [1.807, 2.05) is 13.2 Å². The van der Waals surface area contributed by atoms with Crippen LogP contribution in [0, 0.1) is 11.6 Å². The van der Waals surface area contributed by atoms with Crippen molar-refractivity contribution in [1.29, 1.82) is 0 Å². The number of hydrogen-bond acceptors (Lipinski definition) is 3. The van der Waals surface area contributed by atoms with Crippen molar-refractivity contribution in [2.24, 2.45) is 4.99 Å². The normalized spacial score (nSPS) is 13.3. The third-order valence-corrected chi connectivity index (χ3v) is 3.93. The summed E-state index contributed by atoms with van der Waals surface area (Å²) in [6.45, 7) is 3.75. The fourth-order valence-electron chi connectivity index (χ4n) is 2.13. The molecule has 0 amide bonds. The minimum Gasteiger partial charge on any atom is -0.357 e. The fraction of sp³-hybridized carbons (Fsp3) is 0.562. The molecule has 2 N–H and O–H groups in total. The van der Waals surface area contributed by atoms with Crippen LogP contribution in [0.4, 0.5) is 8.78 Å². The molecule has 7 heteroatoms. The van der Waals surface area contributed by atoms with Crippen LogP contribution in [0.15, 0.2) is 23.2 Å². The van der Waals surface area contributed by atoms with Crippen LogP contribution < -0.4 is 10.6 Å². The number of guanidine groups is 1. The number of thioether (sulfide) groups is 1. The summed E-state index contributed by atoms with van der Waals surface area (Å²) in [4.78, 5) is 6.25. The van der Waals surface area contributed by atoms with Gasteiger partial charge in [-0.3, -0.25) is 4.99 Å². The number of rotatable bonds is 8. The minimum absolute atomic E-state index is 0.0567. The smallest absolute Gasteiger partial charge is 0.191 e. The molecule has 1 atom stereocenters. The lowest BCUT2D eigenvalue weighted by atomic mass is 10.0. The van der Waals surface area contributed by atoms with E-state index < -0.39 is 17.7 Å². The average Bonchev–Trinajstić information content (AvgIpc) is 2.49. The number of halogens is 2. The Labute approximate surface area is 141 Å². The Morgan fingerprint density at radius 1 is 1.26 bits per heavy atom. The molecular formula is C16H26F2N4S. The first kappa shape index (κ1) is 19.7. The molecule has 23 heavy (non-hydrogen) atoms. The largest absolute Gasteiger partial charge is 0.357 e. The van der Waals surface area contributed by atoms with Crippen molar-refractivity contribution in [3.63, 3.8) is 0 Å². The Bertz CT molecular complexity index is 489. The van der Waals surface area contributed by atoms with Gasteiger partial charge >= 0.3 is 0 Å². The topological polar surface area (TPSA) is 39.7 Å². The van der Waals surface area contributed by atoms with E-state index >= 15 is 0 Å². The predicted molar refractivity (Wildman–Crippen MR) is 95.1 cm³/mol. The molecular weight excluding hydrogens is 318 g/mol. The molecule has 130 valence electrons. The Balaban J connectivity index is 2.91. The Kier molecular flexibility index (Phi) is 8.94. The summed E-state index contributed by atoms with van der Waals surface area (Å²) >= 11 is 1.74. The lowest BCUT2D eigenvalue weighted by Crippen LogP contribution is -2.39. The summed E-state index contributed by atoms with van der Waals surface area (Å²) in [5.41, 5.74) is 0.0567. The van der Waals surface area contributed by atoms with Gasteiger partial charge in [-0.25, -0.2) is 8.78 Å². The van der Waals surface area contributed by atoms with Gasteiger partial charge in [0.2, 0.25) is 0 Å². The maximum Gasteiger partial charge on any atom is 0.191 e. The molecule has 1 aromatic rings. The van der Waals surface area contributed by atoms with Gasteiger partial charge in [0, 0.05) is 24.4 Å². The van der Waals surface area contributed by atoms with Crippen molar-refractivity contribution < 1.29 is 8.78 Å². The first-order chi connectivity index (χ1) is 11.0. The maximum absolute atomic E-state index is 14.0. The number of benzene rings is 1. The molecule has 0 heterocycles. The standard InChI is InChI=1S/C16H26F2N4S/c1-5-19-16(20-9-10-23-4)21-11-14(22(2)3)15-12(17)7-6-8-13(15)18/h6-8,14H,5,9-11H2,1-4H3,(H2,19,20,21). The molecule has 0 radical (unpaired) electrons. The highest BCUT2D eigenvalue weighted by molar-refractivity contribution is 7.98. The van der Waals surface area contributed by atoms with E-state index in [1.54, 1.807) is 30.8 Å². The molecule has 0 saturated carbocycles. The summed E-state index contributed by atoms with van der Waals surface area (Å²) in [6.07, 6.45) is 2.04. The highest BCUT2D eigenvalue weighted by atomic mass is 32.2. The van der Waals surface area contributed by atoms with Crippen LogP contribution in [-0.4, -0.2) is 56.6 Å². The quantitative estimate of drug-likeness (QED) is 0.432. The first-order valence-electron chi connectivity index (χ1n) is 7.62. The zero-order chi connectivity index (χ0) is 17.2. The summed E-state index contributed by atoms with van der Waals surface area (Å²) in [5, 5.41) is 6.35. The van der Waals surface area contributed by atoms with Crippen molar-refractivity contribution in [2.45, 2.75) is 13.0 Å². The maximum atomic E-state index is 14.0. The molecule has 0 spiro atoms. The van der Waals surface area contributed by atoms with Crippen LogP contribution in [0.5, 0.6) is 0 Å². The number of hydrogen-bond donors (Lipinski definition) is 2. The zero-order valence-corrected chi connectivity index (χ0v) is 15.0. The van der Waals surface area contributed by atoms with Crippen LogP contribution in [0.2, 0.25) is 0 Å². The summed E-state index contributed by atoms with van der Waals surface area (Å²) in [6, 6.07) is 3.46. The number of aliphatic imine (C=N–C) groups is 1. The molecule has 0 aliphatic rings. The Morgan fingerprint density at radius 2 is 1.91 bits per heavy atom. The van der Waals surface area contributed by atoms with Gasteiger partial charge in [0.25, 0.3) is 0 Å². The molecule has 0 fully saturated rings. The second-order valence-electron chi connectivity index (χ2n) is 5.25. The van der Waals surface area contributed by atoms with Gasteiger partial charge in [0.1, 0.15) is 11.6 Å². The number of nitrogens with zero attached hydrogens (tertiary/aromatic N) is 2. The molecule has 4 nitrogen and oxygen atoms in total. The van der Waals surface area contributed by atoms with Crippen molar-refractivity contribution in [2.75, 3.05) is 45.7 Å². The van der Waals surface area contributed by atoms with E-state index in [0.717, 1.165) is 18.8 Å². The third-order valence-electron chi connectivity index (χ3n) is 3.32. The van der Waals surface area contributed by atoms with E-state index in [-0.39, 0.29) is 12.1 Å². The molecule has 0 aliphatic heterocycles. The van der Waals surface area contributed by atoms with E-state index in [9.17, 15) is 8.78 Å². The van der Waals surface area contributed by atoms with Gasteiger partial charge in [-0.15, -0.1) is 0 Å². The Morgan fingerprint density at radius 3 is 2.43 bits per heavy atom. The van der Waals surface area contributed by atoms with Crippen molar-refractivity contribution in [3.8, 4) is 0 Å². The lowest BCUT2D eigenvalue weighted by molar-refractivity contribution is 0.290. The van der Waals surface area contributed by atoms with Gasteiger partial charge in [0.05, 0.1) is 12.6 Å². The number of likely N-dealkylation sites (N-methyl/N-ethyl adjacent to an activating group) is 1. The molecule has 0 bridgehead atoms. The molecule has 1 aromatic carbocycles. The molecule has 1 rings (SSSR count). The van der Waals surface area contributed by atoms with Crippen molar-refractivity contribution in [3.05, 3.63) is 35.4 Å². The average molecular weight is 344 g/mol. The minimum atomic E-state index is -0.542. The second kappa shape index (κ2) is 10.4. The van der Waals surface area contributed by atoms with Gasteiger partial charge in [-0.05, 0) is 39.4 Å². The van der Waals surface area contributed by atoms with Crippen molar-refractivity contribution >= 4 is 17.7 Å². The third kappa shape index (κ3) is 6.35. The highest BCUT2D eigenvalue weighted by Crippen LogP contribution is 2.24. The van der Waals surface area contributed by atoms with E-state index in [2.05, 4.69) is 15.6 Å². The number of nitrogens with one attached hydrogen (secondary N) is 2.